The molecule has 3 rings (SSSR count). The number of ether oxygens (including phenoxy) is 1. The minimum atomic E-state index is 0.0220. The molecular weight excluding hydrogens is 290 g/mol. The largest absolute Gasteiger partial charge is 0.464 e. The van der Waals surface area contributed by atoms with Crippen LogP contribution in [0.1, 0.15) is 38.3 Å². The van der Waals surface area contributed by atoms with Crippen molar-refractivity contribution in [2.24, 2.45) is 5.92 Å². The quantitative estimate of drug-likeness (QED) is 0.890. The van der Waals surface area contributed by atoms with Gasteiger partial charge in [0.2, 0.25) is 5.91 Å². The Morgan fingerprint density at radius 2 is 1.87 bits per heavy atom. The molecule has 0 radical (unpaired) electrons. The van der Waals surface area contributed by atoms with Gasteiger partial charge in [0, 0.05) is 23.9 Å². The standard InChI is InChI=1S/C18H21N3O2/c1-3-23-18-19-10-16(11-20-18)14-6-4-13(5-7-14)12(2)21-17(22)15-8-9-15/h4-7,10-12,15H,3,8-9H2,1-2H3,(H,21,22)/t12-/m0/s1. The van der Waals surface area contributed by atoms with Crippen molar-refractivity contribution in [1.82, 2.24) is 15.3 Å². The van der Waals surface area contributed by atoms with E-state index in [-0.39, 0.29) is 17.9 Å². The van der Waals surface area contributed by atoms with Gasteiger partial charge in [-0.15, -0.1) is 0 Å². The van der Waals surface area contributed by atoms with Crippen LogP contribution in [0.15, 0.2) is 36.7 Å². The molecule has 1 aliphatic rings. The van der Waals surface area contributed by atoms with E-state index < -0.39 is 0 Å². The average Bonchev–Trinajstić information content (AvgIpc) is 3.41. The van der Waals surface area contributed by atoms with Crippen molar-refractivity contribution in [3.05, 3.63) is 42.2 Å². The molecule has 5 nitrogen and oxygen atoms in total. The molecule has 1 saturated carbocycles. The summed E-state index contributed by atoms with van der Waals surface area (Å²) in [5.41, 5.74) is 3.07. The van der Waals surface area contributed by atoms with Gasteiger partial charge in [-0.1, -0.05) is 24.3 Å². The molecule has 1 amide bonds. The van der Waals surface area contributed by atoms with Crippen LogP contribution in [0.3, 0.4) is 0 Å². The molecule has 0 unspecified atom stereocenters. The van der Waals surface area contributed by atoms with E-state index in [0.717, 1.165) is 29.5 Å². The Bertz CT molecular complexity index is 664. The minimum Gasteiger partial charge on any atom is -0.464 e. The molecule has 1 aliphatic carbocycles. The molecule has 1 heterocycles. The van der Waals surface area contributed by atoms with Crippen molar-refractivity contribution in [2.75, 3.05) is 6.61 Å². The molecule has 0 aliphatic heterocycles. The first-order valence-corrected chi connectivity index (χ1v) is 8.03. The monoisotopic (exact) mass is 311 g/mol. The average molecular weight is 311 g/mol. The van der Waals surface area contributed by atoms with Crippen LogP contribution in [0, 0.1) is 5.92 Å². The molecular formula is C18H21N3O2. The van der Waals surface area contributed by atoms with Crippen LogP contribution in [0.5, 0.6) is 6.01 Å². The van der Waals surface area contributed by atoms with Crippen LogP contribution < -0.4 is 10.1 Å². The number of carbonyl (C=O) groups is 1. The zero-order chi connectivity index (χ0) is 16.2. The fourth-order valence-corrected chi connectivity index (χ4v) is 2.39. The maximum absolute atomic E-state index is 11.8. The number of hydrogen-bond acceptors (Lipinski definition) is 4. The van der Waals surface area contributed by atoms with Gasteiger partial charge in [0.1, 0.15) is 0 Å². The Balaban J connectivity index is 1.67. The molecule has 1 fully saturated rings. The first kappa shape index (κ1) is 15.5. The number of amides is 1. The van der Waals surface area contributed by atoms with E-state index in [1.807, 2.05) is 38.1 Å². The second kappa shape index (κ2) is 6.77. The van der Waals surface area contributed by atoms with E-state index in [9.17, 15) is 4.79 Å². The summed E-state index contributed by atoms with van der Waals surface area (Å²) in [5, 5.41) is 3.06. The Morgan fingerprint density at radius 3 is 2.43 bits per heavy atom. The van der Waals surface area contributed by atoms with Gasteiger partial charge in [-0.05, 0) is 37.8 Å². The minimum absolute atomic E-state index is 0.0220. The molecule has 0 spiro atoms. The van der Waals surface area contributed by atoms with Crippen LogP contribution in [-0.2, 0) is 4.79 Å². The summed E-state index contributed by atoms with van der Waals surface area (Å²) < 4.78 is 5.25. The van der Waals surface area contributed by atoms with Crippen LogP contribution in [0.2, 0.25) is 0 Å². The SMILES string of the molecule is CCOc1ncc(-c2ccc([C@H](C)NC(=O)C3CC3)cc2)cn1. The fourth-order valence-electron chi connectivity index (χ4n) is 2.39. The van der Waals surface area contributed by atoms with Gasteiger partial charge >= 0.3 is 6.01 Å². The van der Waals surface area contributed by atoms with E-state index in [0.29, 0.717) is 12.6 Å². The topological polar surface area (TPSA) is 64.1 Å². The normalized spacial score (nSPS) is 15.0. The summed E-state index contributed by atoms with van der Waals surface area (Å²) in [6.45, 7) is 4.47. The van der Waals surface area contributed by atoms with E-state index in [1.54, 1.807) is 12.4 Å². The van der Waals surface area contributed by atoms with Crippen molar-refractivity contribution < 1.29 is 9.53 Å². The second-order valence-corrected chi connectivity index (χ2v) is 5.81. The van der Waals surface area contributed by atoms with Crippen molar-refractivity contribution in [2.45, 2.75) is 32.7 Å². The molecule has 1 aromatic carbocycles. The van der Waals surface area contributed by atoms with E-state index in [2.05, 4.69) is 15.3 Å². The Kier molecular flexibility index (Phi) is 4.55. The summed E-state index contributed by atoms with van der Waals surface area (Å²) in [6.07, 6.45) is 5.56. The molecule has 0 bridgehead atoms. The first-order valence-electron chi connectivity index (χ1n) is 8.03. The van der Waals surface area contributed by atoms with Gasteiger partial charge in [0.05, 0.1) is 12.6 Å². The number of benzene rings is 1. The molecule has 2 aromatic rings. The number of carbonyl (C=O) groups excluding carboxylic acids is 1. The van der Waals surface area contributed by atoms with Gasteiger partial charge in [0.15, 0.2) is 0 Å². The zero-order valence-electron chi connectivity index (χ0n) is 13.5. The molecule has 23 heavy (non-hydrogen) atoms. The number of aromatic nitrogens is 2. The number of rotatable bonds is 6. The third-order valence-corrected chi connectivity index (χ3v) is 3.95. The van der Waals surface area contributed by atoms with Gasteiger partial charge < -0.3 is 10.1 Å². The van der Waals surface area contributed by atoms with Gasteiger partial charge in [-0.25, -0.2) is 9.97 Å². The molecule has 0 saturated heterocycles. The van der Waals surface area contributed by atoms with Crippen molar-refractivity contribution in [3.8, 4) is 17.1 Å². The van der Waals surface area contributed by atoms with Crippen LogP contribution in [0.4, 0.5) is 0 Å². The third kappa shape index (κ3) is 3.86. The smallest absolute Gasteiger partial charge is 0.316 e. The Labute approximate surface area is 136 Å². The van der Waals surface area contributed by atoms with Crippen molar-refractivity contribution in [1.29, 1.82) is 0 Å². The predicted octanol–water partition coefficient (Wildman–Crippen LogP) is 3.13. The van der Waals surface area contributed by atoms with Crippen molar-refractivity contribution in [3.63, 3.8) is 0 Å². The summed E-state index contributed by atoms with van der Waals surface area (Å²) in [4.78, 5) is 20.2. The van der Waals surface area contributed by atoms with E-state index in [4.69, 9.17) is 4.74 Å². The first-order chi connectivity index (χ1) is 11.2. The lowest BCUT2D eigenvalue weighted by atomic mass is 10.0. The highest BCUT2D eigenvalue weighted by molar-refractivity contribution is 5.81. The molecule has 5 heteroatoms. The summed E-state index contributed by atoms with van der Waals surface area (Å²) in [7, 11) is 0. The van der Waals surface area contributed by atoms with Crippen LogP contribution in [0.25, 0.3) is 11.1 Å². The Hall–Kier alpha value is -2.43. The lowest BCUT2D eigenvalue weighted by molar-refractivity contribution is -0.122. The lowest BCUT2D eigenvalue weighted by Crippen LogP contribution is -2.27. The number of nitrogens with one attached hydrogen (secondary N) is 1. The van der Waals surface area contributed by atoms with E-state index in [1.165, 1.54) is 0 Å². The molecule has 1 N–H and O–H groups in total. The number of hydrogen-bond donors (Lipinski definition) is 1. The zero-order valence-corrected chi connectivity index (χ0v) is 13.5. The maximum atomic E-state index is 11.8. The molecule has 1 aromatic heterocycles. The molecule has 120 valence electrons. The van der Waals surface area contributed by atoms with Crippen molar-refractivity contribution >= 4 is 5.91 Å². The van der Waals surface area contributed by atoms with Gasteiger partial charge in [0.25, 0.3) is 0 Å². The van der Waals surface area contributed by atoms with Crippen LogP contribution >= 0.6 is 0 Å². The van der Waals surface area contributed by atoms with Crippen LogP contribution in [-0.4, -0.2) is 22.5 Å². The number of nitrogens with zero attached hydrogens (tertiary/aromatic N) is 2. The highest BCUT2D eigenvalue weighted by Gasteiger charge is 2.30. The molecule has 1 atom stereocenters. The maximum Gasteiger partial charge on any atom is 0.316 e. The predicted molar refractivity (Wildman–Crippen MR) is 87.9 cm³/mol. The highest BCUT2D eigenvalue weighted by Crippen LogP contribution is 2.30. The summed E-state index contributed by atoms with van der Waals surface area (Å²) in [5.74, 6) is 0.402. The second-order valence-electron chi connectivity index (χ2n) is 5.81. The van der Waals surface area contributed by atoms with Gasteiger partial charge in [-0.3, -0.25) is 4.79 Å². The Morgan fingerprint density at radius 1 is 1.22 bits per heavy atom. The third-order valence-electron chi connectivity index (χ3n) is 3.95. The fraction of sp³-hybridized carbons (Fsp3) is 0.389. The summed E-state index contributed by atoms with van der Waals surface area (Å²) in [6, 6.07) is 8.52. The van der Waals surface area contributed by atoms with Gasteiger partial charge in [-0.2, -0.15) is 0 Å². The summed E-state index contributed by atoms with van der Waals surface area (Å²) >= 11 is 0. The van der Waals surface area contributed by atoms with E-state index >= 15 is 0 Å². The highest BCUT2D eigenvalue weighted by atomic mass is 16.5. The lowest BCUT2D eigenvalue weighted by Gasteiger charge is -2.14.